The van der Waals surface area contributed by atoms with Gasteiger partial charge in [0.2, 0.25) is 0 Å². The van der Waals surface area contributed by atoms with E-state index >= 15 is 0 Å². The number of carbonyl (C=O) groups is 1. The van der Waals surface area contributed by atoms with Crippen LogP contribution in [0.25, 0.3) is 32.5 Å². The average Bonchev–Trinajstić information content (AvgIpc) is 3.24. The van der Waals surface area contributed by atoms with Crippen molar-refractivity contribution in [3.8, 4) is 11.3 Å². The lowest BCUT2D eigenvalue weighted by Gasteiger charge is -2.12. The van der Waals surface area contributed by atoms with E-state index in [1.54, 1.807) is 0 Å². The Morgan fingerprint density at radius 1 is 1.25 bits per heavy atom. The number of pyridine rings is 1. The SMILES string of the molecule is CCCCNc1nc2sc(C(N)=O)c(N)c2c(-c2cc3ccccc3o2)c1N. The molecule has 144 valence electrons. The lowest BCUT2D eigenvalue weighted by molar-refractivity contribution is 0.100. The van der Waals surface area contributed by atoms with Crippen molar-refractivity contribution in [2.24, 2.45) is 5.73 Å². The first-order chi connectivity index (χ1) is 13.5. The highest BCUT2D eigenvalue weighted by atomic mass is 32.1. The maximum absolute atomic E-state index is 11.8. The average molecular weight is 395 g/mol. The van der Waals surface area contributed by atoms with E-state index in [0.717, 1.165) is 41.7 Å². The van der Waals surface area contributed by atoms with Gasteiger partial charge in [-0.2, -0.15) is 0 Å². The van der Waals surface area contributed by atoms with Crippen molar-refractivity contribution in [3.05, 3.63) is 35.2 Å². The number of nitrogen functional groups attached to an aromatic ring is 2. The van der Waals surface area contributed by atoms with Gasteiger partial charge in [0.1, 0.15) is 21.1 Å². The molecule has 0 radical (unpaired) electrons. The minimum atomic E-state index is -0.588. The van der Waals surface area contributed by atoms with Crippen molar-refractivity contribution in [3.63, 3.8) is 0 Å². The smallest absolute Gasteiger partial charge is 0.260 e. The van der Waals surface area contributed by atoms with E-state index in [1.807, 2.05) is 30.3 Å². The zero-order valence-electron chi connectivity index (χ0n) is 15.4. The quantitative estimate of drug-likeness (QED) is 0.362. The number of anilines is 3. The molecular formula is C20H21N5O2S. The Morgan fingerprint density at radius 3 is 2.75 bits per heavy atom. The van der Waals surface area contributed by atoms with Crippen LogP contribution in [0.5, 0.6) is 0 Å². The summed E-state index contributed by atoms with van der Waals surface area (Å²) in [4.78, 5) is 17.3. The Bertz CT molecular complexity index is 1160. The third kappa shape index (κ3) is 2.91. The summed E-state index contributed by atoms with van der Waals surface area (Å²) in [6, 6.07) is 9.61. The number of rotatable bonds is 6. The number of furan rings is 1. The number of nitrogens with two attached hydrogens (primary N) is 3. The van der Waals surface area contributed by atoms with Gasteiger partial charge in [0, 0.05) is 17.3 Å². The molecule has 0 fully saturated rings. The Morgan fingerprint density at radius 2 is 2.04 bits per heavy atom. The van der Waals surface area contributed by atoms with Crippen molar-refractivity contribution >= 4 is 55.6 Å². The van der Waals surface area contributed by atoms with Crippen molar-refractivity contribution in [2.75, 3.05) is 23.3 Å². The first-order valence-electron chi connectivity index (χ1n) is 9.05. The van der Waals surface area contributed by atoms with Crippen molar-refractivity contribution in [2.45, 2.75) is 19.8 Å². The van der Waals surface area contributed by atoms with E-state index in [2.05, 4.69) is 17.2 Å². The second kappa shape index (κ2) is 7.05. The summed E-state index contributed by atoms with van der Waals surface area (Å²) in [5.74, 6) is 0.536. The number of aromatic nitrogens is 1. The van der Waals surface area contributed by atoms with E-state index in [1.165, 1.54) is 0 Å². The molecule has 0 atom stereocenters. The molecule has 0 spiro atoms. The maximum atomic E-state index is 11.8. The summed E-state index contributed by atoms with van der Waals surface area (Å²) in [5.41, 5.74) is 20.3. The van der Waals surface area contributed by atoms with E-state index in [-0.39, 0.29) is 10.6 Å². The highest BCUT2D eigenvalue weighted by Crippen LogP contribution is 2.45. The predicted molar refractivity (Wildman–Crippen MR) is 116 cm³/mol. The number of amides is 1. The van der Waals surface area contributed by atoms with Gasteiger partial charge in [0.15, 0.2) is 5.82 Å². The van der Waals surface area contributed by atoms with Crippen LogP contribution in [-0.2, 0) is 0 Å². The lowest BCUT2D eigenvalue weighted by Crippen LogP contribution is -2.10. The molecular weight excluding hydrogens is 374 g/mol. The van der Waals surface area contributed by atoms with Gasteiger partial charge < -0.3 is 26.9 Å². The second-order valence-corrected chi connectivity index (χ2v) is 7.57. The predicted octanol–water partition coefficient (Wildman–Crippen LogP) is 4.18. The summed E-state index contributed by atoms with van der Waals surface area (Å²) < 4.78 is 6.05. The fourth-order valence-electron chi connectivity index (χ4n) is 3.23. The number of unbranched alkanes of at least 4 members (excludes halogenated alkanes) is 1. The Hall–Kier alpha value is -3.26. The van der Waals surface area contributed by atoms with Crippen LogP contribution in [0.2, 0.25) is 0 Å². The first-order valence-corrected chi connectivity index (χ1v) is 9.87. The Labute approximate surface area is 165 Å². The van der Waals surface area contributed by atoms with Crippen LogP contribution < -0.4 is 22.5 Å². The number of hydrogen-bond donors (Lipinski definition) is 4. The zero-order chi connectivity index (χ0) is 19.8. The minimum Gasteiger partial charge on any atom is -0.456 e. The molecule has 4 rings (SSSR count). The van der Waals surface area contributed by atoms with Crippen LogP contribution in [0.15, 0.2) is 34.7 Å². The van der Waals surface area contributed by atoms with E-state index < -0.39 is 5.91 Å². The number of fused-ring (bicyclic) bond motifs is 2. The topological polar surface area (TPSA) is 133 Å². The molecule has 4 aromatic rings. The number of primary amides is 1. The van der Waals surface area contributed by atoms with Gasteiger partial charge in [-0.1, -0.05) is 31.5 Å². The molecule has 1 amide bonds. The van der Waals surface area contributed by atoms with Gasteiger partial charge in [-0.05, 0) is 18.6 Å². The summed E-state index contributed by atoms with van der Waals surface area (Å²) in [6.07, 6.45) is 2.03. The molecule has 7 N–H and O–H groups in total. The third-order valence-corrected chi connectivity index (χ3v) is 5.75. The summed E-state index contributed by atoms with van der Waals surface area (Å²) in [5, 5.41) is 4.82. The molecule has 28 heavy (non-hydrogen) atoms. The van der Waals surface area contributed by atoms with Crippen molar-refractivity contribution < 1.29 is 9.21 Å². The van der Waals surface area contributed by atoms with Gasteiger partial charge in [0.25, 0.3) is 5.91 Å². The van der Waals surface area contributed by atoms with E-state index in [9.17, 15) is 4.79 Å². The van der Waals surface area contributed by atoms with E-state index in [0.29, 0.717) is 33.0 Å². The molecule has 0 saturated carbocycles. The van der Waals surface area contributed by atoms with Crippen LogP contribution in [0, 0.1) is 0 Å². The molecule has 3 aromatic heterocycles. The fourth-order valence-corrected chi connectivity index (χ4v) is 4.19. The highest BCUT2D eigenvalue weighted by molar-refractivity contribution is 7.21. The monoisotopic (exact) mass is 395 g/mol. The summed E-state index contributed by atoms with van der Waals surface area (Å²) in [6.45, 7) is 2.85. The standard InChI is InChI=1S/C20H21N5O2S/c1-2-3-8-24-19-16(22)13(12-9-10-6-4-5-7-11(10)27-12)14-15(21)17(18(23)26)28-20(14)25-19/h4-7,9H,2-3,8,21-22H2,1H3,(H2,23,26)(H,24,25). The van der Waals surface area contributed by atoms with Crippen LogP contribution in [0.3, 0.4) is 0 Å². The van der Waals surface area contributed by atoms with Crippen LogP contribution >= 0.6 is 11.3 Å². The highest BCUT2D eigenvalue weighted by Gasteiger charge is 2.24. The number of thiophene rings is 1. The number of nitrogens with zero attached hydrogens (tertiary/aromatic N) is 1. The number of benzene rings is 1. The number of para-hydroxylation sites is 1. The Balaban J connectivity index is 2.00. The number of hydrogen-bond acceptors (Lipinski definition) is 7. The molecule has 0 aliphatic carbocycles. The summed E-state index contributed by atoms with van der Waals surface area (Å²) in [7, 11) is 0. The third-order valence-electron chi connectivity index (χ3n) is 4.63. The maximum Gasteiger partial charge on any atom is 0.260 e. The molecule has 0 saturated heterocycles. The Kier molecular flexibility index (Phi) is 4.56. The van der Waals surface area contributed by atoms with Gasteiger partial charge in [-0.15, -0.1) is 11.3 Å². The fraction of sp³-hybridized carbons (Fsp3) is 0.200. The first kappa shape index (κ1) is 18.1. The van der Waals surface area contributed by atoms with Crippen LogP contribution in [-0.4, -0.2) is 17.4 Å². The lowest BCUT2D eigenvalue weighted by atomic mass is 10.1. The largest absolute Gasteiger partial charge is 0.456 e. The molecule has 0 unspecified atom stereocenters. The summed E-state index contributed by atoms with van der Waals surface area (Å²) >= 11 is 1.16. The van der Waals surface area contributed by atoms with Gasteiger partial charge in [0.05, 0.1) is 16.9 Å². The van der Waals surface area contributed by atoms with Crippen molar-refractivity contribution in [1.29, 1.82) is 0 Å². The normalized spacial score (nSPS) is 11.3. The molecule has 8 heteroatoms. The minimum absolute atomic E-state index is 0.268. The molecule has 0 aliphatic heterocycles. The second-order valence-electron chi connectivity index (χ2n) is 6.57. The number of nitrogens with one attached hydrogen (secondary N) is 1. The molecule has 7 nitrogen and oxygen atoms in total. The van der Waals surface area contributed by atoms with Gasteiger partial charge >= 0.3 is 0 Å². The molecule has 0 bridgehead atoms. The molecule has 1 aromatic carbocycles. The van der Waals surface area contributed by atoms with Crippen LogP contribution in [0.4, 0.5) is 17.2 Å². The zero-order valence-corrected chi connectivity index (χ0v) is 16.2. The molecule has 3 heterocycles. The van der Waals surface area contributed by atoms with Crippen LogP contribution in [0.1, 0.15) is 29.4 Å². The van der Waals surface area contributed by atoms with Gasteiger partial charge in [-0.25, -0.2) is 4.98 Å². The number of carbonyl (C=O) groups excluding carboxylic acids is 1. The van der Waals surface area contributed by atoms with Gasteiger partial charge in [-0.3, -0.25) is 4.79 Å². The van der Waals surface area contributed by atoms with Crippen molar-refractivity contribution in [1.82, 2.24) is 4.98 Å². The molecule has 0 aliphatic rings. The van der Waals surface area contributed by atoms with E-state index in [4.69, 9.17) is 21.6 Å².